The highest BCUT2D eigenvalue weighted by Crippen LogP contribution is 2.22. The van der Waals surface area contributed by atoms with Crippen LogP contribution in [0.2, 0.25) is 0 Å². The Bertz CT molecular complexity index is 835. The molecule has 0 radical (unpaired) electrons. The molecule has 8 heteroatoms. The molecule has 0 spiro atoms. The second-order valence-electron chi connectivity index (χ2n) is 5.42. The molecule has 0 unspecified atom stereocenters. The van der Waals surface area contributed by atoms with Gasteiger partial charge in [-0.3, -0.25) is 14.9 Å². The van der Waals surface area contributed by atoms with E-state index in [1.54, 1.807) is 44.2 Å². The predicted octanol–water partition coefficient (Wildman–Crippen LogP) is 3.13. The van der Waals surface area contributed by atoms with Crippen molar-refractivity contribution in [1.82, 2.24) is 0 Å². The summed E-state index contributed by atoms with van der Waals surface area (Å²) in [6, 6.07) is 10.9. The minimum atomic E-state index is -0.522. The van der Waals surface area contributed by atoms with Crippen LogP contribution in [-0.2, 0) is 9.53 Å². The molecule has 0 atom stereocenters. The highest BCUT2D eigenvalue weighted by molar-refractivity contribution is 6.02. The Kier molecular flexibility index (Phi) is 6.26. The molecule has 8 nitrogen and oxygen atoms in total. The van der Waals surface area contributed by atoms with Crippen molar-refractivity contribution in [3.8, 4) is 0 Å². The highest BCUT2D eigenvalue weighted by atomic mass is 16.6. The topological polar surface area (TPSA) is 111 Å². The number of non-ortho nitro benzene ring substituents is 1. The van der Waals surface area contributed by atoms with Crippen LogP contribution in [0, 0.1) is 17.0 Å². The van der Waals surface area contributed by atoms with E-state index < -0.39 is 16.8 Å². The van der Waals surface area contributed by atoms with Gasteiger partial charge in [-0.25, -0.2) is 4.79 Å². The van der Waals surface area contributed by atoms with Gasteiger partial charge in [0, 0.05) is 17.8 Å². The van der Waals surface area contributed by atoms with Crippen molar-refractivity contribution in [3.63, 3.8) is 0 Å². The van der Waals surface area contributed by atoms with Crippen LogP contribution in [0.3, 0.4) is 0 Å². The molecule has 0 bridgehead atoms. The van der Waals surface area contributed by atoms with Crippen molar-refractivity contribution >= 4 is 28.9 Å². The van der Waals surface area contributed by atoms with Crippen molar-refractivity contribution in [3.05, 3.63) is 63.7 Å². The molecule has 0 saturated heterocycles. The minimum absolute atomic E-state index is 0.0637. The summed E-state index contributed by atoms with van der Waals surface area (Å²) in [5.74, 6) is -0.918. The SMILES string of the molecule is CCOC(=O)c1ccccc1NC(=O)CNc1cc([N+](=O)[O-])ccc1C. The third-order valence-corrected chi connectivity index (χ3v) is 3.57. The lowest BCUT2D eigenvalue weighted by atomic mass is 10.1. The number of esters is 1. The number of nitrogens with one attached hydrogen (secondary N) is 2. The Balaban J connectivity index is 2.05. The first kappa shape index (κ1) is 18.9. The largest absolute Gasteiger partial charge is 0.462 e. The van der Waals surface area contributed by atoms with E-state index >= 15 is 0 Å². The van der Waals surface area contributed by atoms with Crippen LogP contribution >= 0.6 is 0 Å². The fourth-order valence-corrected chi connectivity index (χ4v) is 2.26. The summed E-state index contributed by atoms with van der Waals surface area (Å²) in [6.45, 7) is 3.60. The molecule has 0 aliphatic rings. The number of nitro groups is 1. The number of amides is 1. The van der Waals surface area contributed by atoms with Gasteiger partial charge in [0.25, 0.3) is 5.69 Å². The van der Waals surface area contributed by atoms with Crippen LogP contribution in [0.4, 0.5) is 17.1 Å². The van der Waals surface area contributed by atoms with Gasteiger partial charge in [0.2, 0.25) is 5.91 Å². The van der Waals surface area contributed by atoms with Gasteiger partial charge < -0.3 is 15.4 Å². The van der Waals surface area contributed by atoms with Gasteiger partial charge in [-0.2, -0.15) is 0 Å². The summed E-state index contributed by atoms with van der Waals surface area (Å²) >= 11 is 0. The Morgan fingerprint density at radius 2 is 1.88 bits per heavy atom. The normalized spacial score (nSPS) is 10.1. The van der Waals surface area contributed by atoms with Gasteiger partial charge in [-0.15, -0.1) is 0 Å². The van der Waals surface area contributed by atoms with Crippen LogP contribution in [0.15, 0.2) is 42.5 Å². The molecule has 2 aromatic carbocycles. The van der Waals surface area contributed by atoms with Crippen molar-refractivity contribution < 1.29 is 19.2 Å². The molecule has 0 aliphatic heterocycles. The zero-order valence-corrected chi connectivity index (χ0v) is 14.4. The number of nitrogens with zero attached hydrogens (tertiary/aromatic N) is 1. The van der Waals surface area contributed by atoms with E-state index in [0.717, 1.165) is 5.56 Å². The standard InChI is InChI=1S/C18H19N3O5/c1-3-26-18(23)14-6-4-5-7-15(14)20-17(22)11-19-16-10-13(21(24)25)9-8-12(16)2/h4-10,19H,3,11H2,1-2H3,(H,20,22). The second kappa shape index (κ2) is 8.61. The number of ether oxygens (including phenoxy) is 1. The predicted molar refractivity (Wildman–Crippen MR) is 97.4 cm³/mol. The number of para-hydroxylation sites is 1. The Morgan fingerprint density at radius 1 is 1.15 bits per heavy atom. The summed E-state index contributed by atoms with van der Waals surface area (Å²) in [5, 5.41) is 16.4. The van der Waals surface area contributed by atoms with E-state index in [1.165, 1.54) is 12.1 Å². The number of anilines is 2. The number of carbonyl (C=O) groups is 2. The molecule has 0 saturated carbocycles. The third-order valence-electron chi connectivity index (χ3n) is 3.57. The maximum absolute atomic E-state index is 12.2. The van der Waals surface area contributed by atoms with Crippen molar-refractivity contribution in [2.75, 3.05) is 23.8 Å². The number of aryl methyl sites for hydroxylation is 1. The summed E-state index contributed by atoms with van der Waals surface area (Å²) in [6.07, 6.45) is 0. The first-order chi connectivity index (χ1) is 12.4. The zero-order valence-electron chi connectivity index (χ0n) is 14.4. The van der Waals surface area contributed by atoms with Gasteiger partial charge in [-0.05, 0) is 31.5 Å². The first-order valence-electron chi connectivity index (χ1n) is 7.97. The lowest BCUT2D eigenvalue weighted by Crippen LogP contribution is -2.23. The van der Waals surface area contributed by atoms with E-state index in [0.29, 0.717) is 11.4 Å². The minimum Gasteiger partial charge on any atom is -0.462 e. The lowest BCUT2D eigenvalue weighted by Gasteiger charge is -2.12. The maximum atomic E-state index is 12.2. The Labute approximate surface area is 150 Å². The number of carbonyl (C=O) groups excluding carboxylic acids is 2. The zero-order chi connectivity index (χ0) is 19.1. The number of hydrogen-bond acceptors (Lipinski definition) is 6. The quantitative estimate of drug-likeness (QED) is 0.447. The number of rotatable bonds is 7. The molecule has 0 aromatic heterocycles. The van der Waals surface area contributed by atoms with Gasteiger partial charge in [0.1, 0.15) is 0 Å². The van der Waals surface area contributed by atoms with Crippen LogP contribution in [0.25, 0.3) is 0 Å². The van der Waals surface area contributed by atoms with Crippen molar-refractivity contribution in [2.45, 2.75) is 13.8 Å². The Hall–Kier alpha value is -3.42. The fourth-order valence-electron chi connectivity index (χ4n) is 2.26. The molecule has 26 heavy (non-hydrogen) atoms. The molecule has 1 amide bonds. The van der Waals surface area contributed by atoms with E-state index in [4.69, 9.17) is 4.74 Å². The van der Waals surface area contributed by atoms with Crippen LogP contribution in [0.5, 0.6) is 0 Å². The smallest absolute Gasteiger partial charge is 0.340 e. The number of nitro benzene ring substituents is 1. The van der Waals surface area contributed by atoms with Gasteiger partial charge >= 0.3 is 5.97 Å². The second-order valence-corrected chi connectivity index (χ2v) is 5.42. The molecule has 2 rings (SSSR count). The average Bonchev–Trinajstić information content (AvgIpc) is 2.61. The Morgan fingerprint density at radius 3 is 2.58 bits per heavy atom. The molecule has 0 heterocycles. The van der Waals surface area contributed by atoms with Crippen LogP contribution in [0.1, 0.15) is 22.8 Å². The van der Waals surface area contributed by atoms with Crippen molar-refractivity contribution in [2.24, 2.45) is 0 Å². The number of benzene rings is 2. The number of hydrogen-bond donors (Lipinski definition) is 2. The van der Waals surface area contributed by atoms with Crippen molar-refractivity contribution in [1.29, 1.82) is 0 Å². The van der Waals surface area contributed by atoms with E-state index in [-0.39, 0.29) is 24.4 Å². The van der Waals surface area contributed by atoms with Gasteiger partial charge in [-0.1, -0.05) is 18.2 Å². The summed E-state index contributed by atoms with van der Waals surface area (Å²) in [7, 11) is 0. The molecule has 2 N–H and O–H groups in total. The van der Waals surface area contributed by atoms with E-state index in [1.807, 2.05) is 0 Å². The molecular weight excluding hydrogens is 338 g/mol. The fraction of sp³-hybridized carbons (Fsp3) is 0.222. The maximum Gasteiger partial charge on any atom is 0.340 e. The van der Waals surface area contributed by atoms with Crippen LogP contribution < -0.4 is 10.6 Å². The third kappa shape index (κ3) is 4.79. The van der Waals surface area contributed by atoms with E-state index in [9.17, 15) is 19.7 Å². The first-order valence-corrected chi connectivity index (χ1v) is 7.97. The van der Waals surface area contributed by atoms with Gasteiger partial charge in [0.05, 0.1) is 29.3 Å². The van der Waals surface area contributed by atoms with Gasteiger partial charge in [0.15, 0.2) is 0 Å². The molecule has 2 aromatic rings. The summed E-state index contributed by atoms with van der Waals surface area (Å²) in [5.41, 5.74) is 1.80. The highest BCUT2D eigenvalue weighted by Gasteiger charge is 2.14. The molecule has 136 valence electrons. The molecule has 0 fully saturated rings. The average molecular weight is 357 g/mol. The van der Waals surface area contributed by atoms with Crippen LogP contribution in [-0.4, -0.2) is 30.0 Å². The summed E-state index contributed by atoms with van der Waals surface area (Å²) < 4.78 is 4.96. The van der Waals surface area contributed by atoms with E-state index in [2.05, 4.69) is 10.6 Å². The molecule has 0 aliphatic carbocycles. The lowest BCUT2D eigenvalue weighted by molar-refractivity contribution is -0.384. The monoisotopic (exact) mass is 357 g/mol. The molecular formula is C18H19N3O5. The summed E-state index contributed by atoms with van der Waals surface area (Å²) in [4.78, 5) is 34.5.